The maximum atomic E-state index is 13.0. The van der Waals surface area contributed by atoms with E-state index in [0.29, 0.717) is 17.9 Å². The first kappa shape index (κ1) is 26.0. The molecule has 4 nitrogen and oxygen atoms in total. The summed E-state index contributed by atoms with van der Waals surface area (Å²) in [4.78, 5) is 25.5. The SMILES string of the molecule is CCCCCCCOC(=O)c1ccc(C2C(=O)Oc3c2cc(C(C)(C)C)cc3C(C)(C)C)cc1. The van der Waals surface area contributed by atoms with Gasteiger partial charge in [-0.15, -0.1) is 0 Å². The van der Waals surface area contributed by atoms with Crippen molar-refractivity contribution in [2.75, 3.05) is 6.61 Å². The zero-order chi connectivity index (χ0) is 25.1. The molecule has 0 aliphatic carbocycles. The molecule has 1 aliphatic heterocycles. The highest BCUT2D eigenvalue weighted by Gasteiger charge is 2.39. The van der Waals surface area contributed by atoms with E-state index in [1.165, 1.54) is 24.8 Å². The van der Waals surface area contributed by atoms with Crippen LogP contribution >= 0.6 is 0 Å². The van der Waals surface area contributed by atoms with Crippen LogP contribution in [-0.4, -0.2) is 18.5 Å². The van der Waals surface area contributed by atoms with E-state index in [-0.39, 0.29) is 22.8 Å². The van der Waals surface area contributed by atoms with Crippen molar-refractivity contribution in [1.29, 1.82) is 0 Å². The fourth-order valence-electron chi connectivity index (χ4n) is 4.34. The first-order chi connectivity index (χ1) is 15.9. The number of carbonyl (C=O) groups excluding carboxylic acids is 2. The van der Waals surface area contributed by atoms with Gasteiger partial charge in [-0.2, -0.15) is 0 Å². The van der Waals surface area contributed by atoms with Crippen LogP contribution in [-0.2, 0) is 20.4 Å². The van der Waals surface area contributed by atoms with Crippen molar-refractivity contribution >= 4 is 11.9 Å². The lowest BCUT2D eigenvalue weighted by Crippen LogP contribution is -2.17. The number of benzene rings is 2. The molecule has 0 amide bonds. The Morgan fingerprint density at radius 3 is 2.15 bits per heavy atom. The summed E-state index contributed by atoms with van der Waals surface area (Å²) < 4.78 is 11.3. The topological polar surface area (TPSA) is 52.6 Å². The zero-order valence-corrected chi connectivity index (χ0v) is 21.9. The molecule has 0 aromatic heterocycles. The summed E-state index contributed by atoms with van der Waals surface area (Å²) in [6.07, 6.45) is 5.56. The molecule has 0 radical (unpaired) electrons. The number of hydrogen-bond acceptors (Lipinski definition) is 4. The van der Waals surface area contributed by atoms with Crippen molar-refractivity contribution in [2.45, 2.75) is 97.3 Å². The van der Waals surface area contributed by atoms with Crippen molar-refractivity contribution in [1.82, 2.24) is 0 Å². The number of fused-ring (bicyclic) bond motifs is 1. The molecule has 184 valence electrons. The molecule has 0 bridgehead atoms. The molecule has 1 aliphatic rings. The second kappa shape index (κ2) is 10.3. The molecule has 1 unspecified atom stereocenters. The first-order valence-corrected chi connectivity index (χ1v) is 12.6. The third kappa shape index (κ3) is 5.89. The van der Waals surface area contributed by atoms with Crippen molar-refractivity contribution in [2.24, 2.45) is 0 Å². The minimum Gasteiger partial charge on any atom is -0.462 e. The molecule has 3 rings (SSSR count). The van der Waals surface area contributed by atoms with E-state index >= 15 is 0 Å². The first-order valence-electron chi connectivity index (χ1n) is 12.6. The third-order valence-corrected chi connectivity index (χ3v) is 6.50. The highest BCUT2D eigenvalue weighted by molar-refractivity contribution is 5.92. The number of rotatable bonds is 8. The average Bonchev–Trinajstić information content (AvgIpc) is 3.09. The van der Waals surface area contributed by atoms with E-state index in [1.54, 1.807) is 12.1 Å². The Labute approximate surface area is 205 Å². The number of carbonyl (C=O) groups is 2. The molecule has 0 spiro atoms. The quantitative estimate of drug-likeness (QED) is 0.231. The highest BCUT2D eigenvalue weighted by Crippen LogP contribution is 2.47. The maximum Gasteiger partial charge on any atom is 0.338 e. The van der Waals surface area contributed by atoms with Crippen LogP contribution in [0.1, 0.15) is 119 Å². The summed E-state index contributed by atoms with van der Waals surface area (Å²) in [5, 5.41) is 0. The van der Waals surface area contributed by atoms with Crippen LogP contribution in [0.25, 0.3) is 0 Å². The standard InChI is InChI=1S/C30H40O4/c1-8-9-10-11-12-17-33-27(31)21-15-13-20(14-16-21)25-23-18-22(29(2,3)4)19-24(30(5,6)7)26(23)34-28(25)32/h13-16,18-19,25H,8-12,17H2,1-7H3. The number of unbranched alkanes of at least 4 members (excludes halogenated alkanes) is 4. The van der Waals surface area contributed by atoms with Gasteiger partial charge in [0.05, 0.1) is 12.2 Å². The van der Waals surface area contributed by atoms with Gasteiger partial charge < -0.3 is 9.47 Å². The summed E-state index contributed by atoms with van der Waals surface area (Å²) in [7, 11) is 0. The van der Waals surface area contributed by atoms with Gasteiger partial charge in [-0.05, 0) is 40.5 Å². The number of hydrogen-bond donors (Lipinski definition) is 0. The molecule has 0 saturated heterocycles. The van der Waals surface area contributed by atoms with Crippen LogP contribution in [0.5, 0.6) is 5.75 Å². The van der Waals surface area contributed by atoms with Crippen LogP contribution in [0.4, 0.5) is 0 Å². The maximum absolute atomic E-state index is 13.0. The summed E-state index contributed by atoms with van der Waals surface area (Å²) in [5.41, 5.74) is 4.24. The molecular formula is C30H40O4. The van der Waals surface area contributed by atoms with E-state index in [1.807, 2.05) is 12.1 Å². The smallest absolute Gasteiger partial charge is 0.338 e. The lowest BCUT2D eigenvalue weighted by Gasteiger charge is -2.27. The van der Waals surface area contributed by atoms with Gasteiger partial charge in [0, 0.05) is 11.1 Å². The molecule has 2 aromatic carbocycles. The van der Waals surface area contributed by atoms with Crippen LogP contribution in [0.15, 0.2) is 36.4 Å². The van der Waals surface area contributed by atoms with E-state index < -0.39 is 5.92 Å². The van der Waals surface area contributed by atoms with Crippen LogP contribution in [0, 0.1) is 0 Å². The molecule has 0 fully saturated rings. The van der Waals surface area contributed by atoms with E-state index in [4.69, 9.17) is 9.47 Å². The van der Waals surface area contributed by atoms with E-state index in [0.717, 1.165) is 29.5 Å². The lowest BCUT2D eigenvalue weighted by molar-refractivity contribution is -0.133. The molecule has 1 heterocycles. The largest absolute Gasteiger partial charge is 0.462 e. The normalized spacial score (nSPS) is 15.7. The van der Waals surface area contributed by atoms with Gasteiger partial charge in [-0.25, -0.2) is 4.79 Å². The van der Waals surface area contributed by atoms with Crippen LogP contribution in [0.2, 0.25) is 0 Å². The molecular weight excluding hydrogens is 424 g/mol. The second-order valence-electron chi connectivity index (χ2n) is 11.5. The second-order valence-corrected chi connectivity index (χ2v) is 11.5. The van der Waals surface area contributed by atoms with Crippen molar-refractivity contribution in [3.63, 3.8) is 0 Å². The van der Waals surface area contributed by atoms with E-state index in [9.17, 15) is 9.59 Å². The predicted octanol–water partition coefficient (Wildman–Crippen LogP) is 7.46. The molecule has 0 saturated carbocycles. The monoisotopic (exact) mass is 464 g/mol. The Balaban J connectivity index is 1.83. The molecule has 4 heteroatoms. The van der Waals surface area contributed by atoms with Gasteiger partial charge in [0.15, 0.2) is 0 Å². The van der Waals surface area contributed by atoms with Crippen molar-refractivity contribution in [3.8, 4) is 5.75 Å². The molecule has 2 aromatic rings. The Hall–Kier alpha value is -2.62. The van der Waals surface area contributed by atoms with Gasteiger partial charge >= 0.3 is 11.9 Å². The van der Waals surface area contributed by atoms with Gasteiger partial charge in [-0.3, -0.25) is 4.79 Å². The molecule has 0 N–H and O–H groups in total. The summed E-state index contributed by atoms with van der Waals surface area (Å²) >= 11 is 0. The highest BCUT2D eigenvalue weighted by atomic mass is 16.5. The van der Waals surface area contributed by atoms with Gasteiger partial charge in [0.2, 0.25) is 0 Å². The predicted molar refractivity (Wildman–Crippen MR) is 137 cm³/mol. The van der Waals surface area contributed by atoms with Gasteiger partial charge in [-0.1, -0.05) is 98.4 Å². The molecule has 34 heavy (non-hydrogen) atoms. The van der Waals surface area contributed by atoms with Crippen molar-refractivity contribution in [3.05, 3.63) is 64.2 Å². The average molecular weight is 465 g/mol. The van der Waals surface area contributed by atoms with Crippen molar-refractivity contribution < 1.29 is 19.1 Å². The summed E-state index contributed by atoms with van der Waals surface area (Å²) in [5.74, 6) is -0.403. The molecule has 1 atom stereocenters. The Morgan fingerprint density at radius 2 is 1.56 bits per heavy atom. The fourth-order valence-corrected chi connectivity index (χ4v) is 4.34. The summed E-state index contributed by atoms with van der Waals surface area (Å²) in [6.45, 7) is 15.6. The Kier molecular flexibility index (Phi) is 7.90. The minimum atomic E-state index is -0.498. The van der Waals surface area contributed by atoms with Crippen LogP contribution in [0.3, 0.4) is 0 Å². The minimum absolute atomic E-state index is 0.0601. The Morgan fingerprint density at radius 1 is 0.912 bits per heavy atom. The number of esters is 2. The Bertz CT molecular complexity index is 1020. The zero-order valence-electron chi connectivity index (χ0n) is 21.9. The lowest BCUT2D eigenvalue weighted by atomic mass is 9.77. The summed E-state index contributed by atoms with van der Waals surface area (Å²) in [6, 6.07) is 11.5. The fraction of sp³-hybridized carbons (Fsp3) is 0.533. The van der Waals surface area contributed by atoms with Gasteiger partial charge in [0.25, 0.3) is 0 Å². The third-order valence-electron chi connectivity index (χ3n) is 6.50. The van der Waals surface area contributed by atoms with Gasteiger partial charge in [0.1, 0.15) is 11.7 Å². The number of ether oxygens (including phenoxy) is 2. The van der Waals surface area contributed by atoms with E-state index in [2.05, 4.69) is 60.6 Å². The van der Waals surface area contributed by atoms with Crippen LogP contribution < -0.4 is 4.74 Å².